The second-order valence-corrected chi connectivity index (χ2v) is 4.59. The van der Waals surface area contributed by atoms with Gasteiger partial charge in [-0.25, -0.2) is 0 Å². The summed E-state index contributed by atoms with van der Waals surface area (Å²) in [7, 11) is 0. The van der Waals surface area contributed by atoms with E-state index in [1.807, 2.05) is 25.1 Å². The third-order valence-electron chi connectivity index (χ3n) is 3.12. The topological polar surface area (TPSA) is 34.2 Å². The highest BCUT2D eigenvalue weighted by molar-refractivity contribution is 5.37. The highest BCUT2D eigenvalue weighted by Crippen LogP contribution is 2.28. The van der Waals surface area contributed by atoms with Gasteiger partial charge in [-0.05, 0) is 30.7 Å². The lowest BCUT2D eigenvalue weighted by Crippen LogP contribution is -2.24. The number of ether oxygens (including phenoxy) is 1. The molecule has 21 heavy (non-hydrogen) atoms. The van der Waals surface area contributed by atoms with Gasteiger partial charge in [-0.15, -0.1) is 0 Å². The van der Waals surface area contributed by atoms with Crippen molar-refractivity contribution in [1.29, 1.82) is 0 Å². The second-order valence-electron chi connectivity index (χ2n) is 4.59. The van der Waals surface area contributed by atoms with E-state index < -0.39 is 6.61 Å². The summed E-state index contributed by atoms with van der Waals surface area (Å²) in [6, 6.07) is 10.6. The van der Waals surface area contributed by atoms with Crippen molar-refractivity contribution < 1.29 is 13.5 Å². The highest BCUT2D eigenvalue weighted by atomic mass is 19.3. The summed E-state index contributed by atoms with van der Waals surface area (Å²) in [5.41, 5.74) is 1.76. The Kier molecular flexibility index (Phi) is 5.63. The zero-order chi connectivity index (χ0) is 15.1. The quantitative estimate of drug-likeness (QED) is 0.847. The first kappa shape index (κ1) is 15.4. The zero-order valence-corrected chi connectivity index (χ0v) is 11.8. The molecule has 0 aliphatic rings. The zero-order valence-electron chi connectivity index (χ0n) is 11.8. The third kappa shape index (κ3) is 4.49. The van der Waals surface area contributed by atoms with E-state index in [0.717, 1.165) is 17.7 Å². The van der Waals surface area contributed by atoms with Crippen LogP contribution in [0.15, 0.2) is 48.8 Å². The van der Waals surface area contributed by atoms with E-state index in [0.29, 0.717) is 6.42 Å². The van der Waals surface area contributed by atoms with Gasteiger partial charge in [0.05, 0.1) is 0 Å². The second kappa shape index (κ2) is 7.69. The van der Waals surface area contributed by atoms with Crippen LogP contribution < -0.4 is 10.1 Å². The molecular weight excluding hydrogens is 274 g/mol. The summed E-state index contributed by atoms with van der Waals surface area (Å²) >= 11 is 0. The maximum absolute atomic E-state index is 12.5. The summed E-state index contributed by atoms with van der Waals surface area (Å²) < 4.78 is 29.7. The van der Waals surface area contributed by atoms with E-state index in [1.165, 1.54) is 0 Å². The summed E-state index contributed by atoms with van der Waals surface area (Å²) in [6.07, 6.45) is 4.14. The summed E-state index contributed by atoms with van der Waals surface area (Å²) in [6.45, 7) is -0.118. The van der Waals surface area contributed by atoms with Gasteiger partial charge in [0.2, 0.25) is 0 Å². The molecule has 0 aliphatic carbocycles. The molecule has 0 saturated heterocycles. The number of aromatic nitrogens is 1. The fourth-order valence-electron chi connectivity index (χ4n) is 2.26. The molecule has 1 N–H and O–H groups in total. The van der Waals surface area contributed by atoms with Gasteiger partial charge in [-0.3, -0.25) is 4.98 Å². The van der Waals surface area contributed by atoms with E-state index in [-0.39, 0.29) is 11.8 Å². The Morgan fingerprint density at radius 1 is 1.19 bits per heavy atom. The Morgan fingerprint density at radius 3 is 2.67 bits per heavy atom. The van der Waals surface area contributed by atoms with Crippen LogP contribution >= 0.6 is 0 Å². The van der Waals surface area contributed by atoms with Crippen molar-refractivity contribution in [2.75, 3.05) is 6.54 Å². The fraction of sp³-hybridized carbons (Fsp3) is 0.312. The van der Waals surface area contributed by atoms with E-state index in [2.05, 4.69) is 15.0 Å². The molecule has 2 rings (SSSR count). The molecule has 2 aromatic rings. The molecule has 1 unspecified atom stereocenters. The number of para-hydroxylation sites is 1. The van der Waals surface area contributed by atoms with Gasteiger partial charge >= 0.3 is 6.61 Å². The molecule has 3 nitrogen and oxygen atoms in total. The largest absolute Gasteiger partial charge is 0.434 e. The number of hydrogen-bond acceptors (Lipinski definition) is 3. The standard InChI is InChI=1S/C16H18F2N2O/c1-2-20-14(10-12-6-5-9-19-11-12)13-7-3-4-8-15(13)21-16(17)18/h3-9,11,14,16,20H,2,10H2,1H3. The van der Waals surface area contributed by atoms with E-state index in [4.69, 9.17) is 0 Å². The number of nitrogens with zero attached hydrogens (tertiary/aromatic N) is 1. The van der Waals surface area contributed by atoms with Gasteiger partial charge < -0.3 is 10.1 Å². The number of nitrogens with one attached hydrogen (secondary N) is 1. The van der Waals surface area contributed by atoms with Crippen LogP contribution in [0.25, 0.3) is 0 Å². The normalized spacial score (nSPS) is 12.4. The van der Waals surface area contributed by atoms with E-state index >= 15 is 0 Å². The number of alkyl halides is 2. The fourth-order valence-corrected chi connectivity index (χ4v) is 2.26. The van der Waals surface area contributed by atoms with Crippen LogP contribution in [0.2, 0.25) is 0 Å². The number of benzene rings is 1. The number of rotatable bonds is 7. The molecule has 1 heterocycles. The molecule has 0 radical (unpaired) electrons. The number of hydrogen-bond donors (Lipinski definition) is 1. The number of likely N-dealkylation sites (N-methyl/N-ethyl adjacent to an activating group) is 1. The minimum absolute atomic E-state index is 0.103. The van der Waals surface area contributed by atoms with Gasteiger partial charge in [-0.1, -0.05) is 31.2 Å². The first-order valence-corrected chi connectivity index (χ1v) is 6.86. The Hall–Kier alpha value is -2.01. The number of halogens is 2. The molecule has 0 amide bonds. The molecule has 1 atom stereocenters. The third-order valence-corrected chi connectivity index (χ3v) is 3.12. The lowest BCUT2D eigenvalue weighted by molar-refractivity contribution is -0.0507. The van der Waals surface area contributed by atoms with Crippen molar-refractivity contribution in [3.8, 4) is 5.75 Å². The molecule has 0 aliphatic heterocycles. The molecule has 0 saturated carbocycles. The first-order chi connectivity index (χ1) is 10.2. The van der Waals surface area contributed by atoms with Gasteiger partial charge in [0.15, 0.2) is 0 Å². The van der Waals surface area contributed by atoms with Crippen molar-refractivity contribution in [2.45, 2.75) is 26.0 Å². The van der Waals surface area contributed by atoms with E-state index in [9.17, 15) is 8.78 Å². The van der Waals surface area contributed by atoms with Crippen molar-refractivity contribution in [3.05, 3.63) is 59.9 Å². The molecule has 112 valence electrons. The molecule has 0 bridgehead atoms. The monoisotopic (exact) mass is 292 g/mol. The van der Waals surface area contributed by atoms with Gasteiger partial charge in [0, 0.05) is 24.0 Å². The van der Waals surface area contributed by atoms with Gasteiger partial charge in [0.1, 0.15) is 5.75 Å². The average molecular weight is 292 g/mol. The minimum atomic E-state index is -2.83. The Balaban J connectivity index is 2.25. The van der Waals surface area contributed by atoms with Crippen molar-refractivity contribution >= 4 is 0 Å². The summed E-state index contributed by atoms with van der Waals surface area (Å²) in [5.74, 6) is 0.211. The molecule has 0 spiro atoms. The summed E-state index contributed by atoms with van der Waals surface area (Å²) in [4.78, 5) is 4.08. The first-order valence-electron chi connectivity index (χ1n) is 6.86. The average Bonchev–Trinajstić information content (AvgIpc) is 2.48. The predicted molar refractivity (Wildman–Crippen MR) is 77.4 cm³/mol. The van der Waals surface area contributed by atoms with Crippen LogP contribution in [0.5, 0.6) is 5.75 Å². The van der Waals surface area contributed by atoms with Crippen LogP contribution in [-0.2, 0) is 6.42 Å². The van der Waals surface area contributed by atoms with Crippen LogP contribution in [0.3, 0.4) is 0 Å². The molecule has 1 aromatic heterocycles. The maximum Gasteiger partial charge on any atom is 0.387 e. The highest BCUT2D eigenvalue weighted by Gasteiger charge is 2.17. The van der Waals surface area contributed by atoms with Crippen molar-refractivity contribution in [2.24, 2.45) is 0 Å². The maximum atomic E-state index is 12.5. The Bertz CT molecular complexity index is 549. The van der Waals surface area contributed by atoms with Crippen LogP contribution in [-0.4, -0.2) is 18.1 Å². The van der Waals surface area contributed by atoms with Crippen molar-refractivity contribution in [1.82, 2.24) is 10.3 Å². The minimum Gasteiger partial charge on any atom is -0.434 e. The van der Waals surface area contributed by atoms with E-state index in [1.54, 1.807) is 30.6 Å². The van der Waals surface area contributed by atoms with Gasteiger partial charge in [0.25, 0.3) is 0 Å². The van der Waals surface area contributed by atoms with Gasteiger partial charge in [-0.2, -0.15) is 8.78 Å². The number of pyridine rings is 1. The molecule has 0 fully saturated rings. The lowest BCUT2D eigenvalue weighted by atomic mass is 9.99. The smallest absolute Gasteiger partial charge is 0.387 e. The van der Waals surface area contributed by atoms with Crippen molar-refractivity contribution in [3.63, 3.8) is 0 Å². The lowest BCUT2D eigenvalue weighted by Gasteiger charge is -2.21. The molecule has 5 heteroatoms. The molecule has 1 aromatic carbocycles. The van der Waals surface area contributed by atoms with Crippen LogP contribution in [0, 0.1) is 0 Å². The van der Waals surface area contributed by atoms with Crippen LogP contribution in [0.4, 0.5) is 8.78 Å². The van der Waals surface area contributed by atoms with Crippen LogP contribution in [0.1, 0.15) is 24.1 Å². The Morgan fingerprint density at radius 2 is 2.00 bits per heavy atom. The Labute approximate surface area is 123 Å². The summed E-state index contributed by atoms with van der Waals surface area (Å²) in [5, 5.41) is 3.31. The predicted octanol–water partition coefficient (Wildman–Crippen LogP) is 3.58. The SMILES string of the molecule is CCNC(Cc1cccnc1)c1ccccc1OC(F)F. The molecular formula is C16H18F2N2O.